The van der Waals surface area contributed by atoms with Crippen molar-refractivity contribution in [1.29, 1.82) is 0 Å². The molecule has 1 aliphatic heterocycles. The molecule has 0 bridgehead atoms. The number of anilines is 1. The molecule has 2 aromatic heterocycles. The van der Waals surface area contributed by atoms with Crippen LogP contribution in [0.15, 0.2) is 18.3 Å². The molecule has 18 heavy (non-hydrogen) atoms. The van der Waals surface area contributed by atoms with E-state index in [-0.39, 0.29) is 11.9 Å². The van der Waals surface area contributed by atoms with E-state index >= 15 is 0 Å². The second-order valence-electron chi connectivity index (χ2n) is 4.35. The summed E-state index contributed by atoms with van der Waals surface area (Å²) < 4.78 is 25.7. The van der Waals surface area contributed by atoms with Crippen molar-refractivity contribution in [2.45, 2.75) is 18.9 Å². The summed E-state index contributed by atoms with van der Waals surface area (Å²) in [5.74, 6) is 1.60. The van der Waals surface area contributed by atoms with Crippen molar-refractivity contribution in [1.82, 2.24) is 14.6 Å². The summed E-state index contributed by atoms with van der Waals surface area (Å²) in [5, 5.41) is 7.38. The summed E-state index contributed by atoms with van der Waals surface area (Å²) in [7, 11) is -0.672. The molecule has 0 unspecified atom stereocenters. The van der Waals surface area contributed by atoms with Crippen LogP contribution >= 0.6 is 0 Å². The fraction of sp³-hybridized carbons (Fsp3) is 0.455. The van der Waals surface area contributed by atoms with Crippen molar-refractivity contribution >= 4 is 22.4 Å². The van der Waals surface area contributed by atoms with Gasteiger partial charge >= 0.3 is 0 Å². The number of pyridine rings is 1. The lowest BCUT2D eigenvalue weighted by Crippen LogP contribution is -2.29. The molecule has 5 nitrogen and oxygen atoms in total. The van der Waals surface area contributed by atoms with Crippen LogP contribution in [-0.2, 0) is 10.8 Å². The quantitative estimate of drug-likeness (QED) is 0.889. The second kappa shape index (κ2) is 4.64. The molecule has 96 valence electrons. The molecule has 1 aliphatic rings. The Kier molecular flexibility index (Phi) is 2.99. The van der Waals surface area contributed by atoms with E-state index in [4.69, 9.17) is 0 Å². The summed E-state index contributed by atoms with van der Waals surface area (Å²) in [5.41, 5.74) is 0.610. The second-order valence-corrected chi connectivity index (χ2v) is 6.05. The van der Waals surface area contributed by atoms with Gasteiger partial charge in [-0.05, 0) is 25.0 Å². The highest BCUT2D eigenvalue weighted by Gasteiger charge is 2.18. The number of halogens is 1. The third kappa shape index (κ3) is 2.35. The average molecular weight is 268 g/mol. The SMILES string of the molecule is O=S1CCC(Nc2nc3ccc(F)cn3n2)CC1. The van der Waals surface area contributed by atoms with Crippen molar-refractivity contribution in [3.05, 3.63) is 24.1 Å². The van der Waals surface area contributed by atoms with Gasteiger partial charge in [-0.2, -0.15) is 4.98 Å². The fourth-order valence-corrected chi connectivity index (χ4v) is 3.34. The molecule has 0 aliphatic carbocycles. The first-order valence-corrected chi connectivity index (χ1v) is 7.33. The summed E-state index contributed by atoms with van der Waals surface area (Å²) in [4.78, 5) is 4.27. The van der Waals surface area contributed by atoms with Crippen molar-refractivity contribution in [2.24, 2.45) is 0 Å². The monoisotopic (exact) mass is 268 g/mol. The van der Waals surface area contributed by atoms with Crippen LogP contribution in [-0.4, -0.2) is 36.4 Å². The minimum atomic E-state index is -0.672. The summed E-state index contributed by atoms with van der Waals surface area (Å²) >= 11 is 0. The zero-order valence-corrected chi connectivity index (χ0v) is 10.5. The molecule has 1 fully saturated rings. The molecule has 2 aromatic rings. The summed E-state index contributed by atoms with van der Waals surface area (Å²) in [6, 6.07) is 3.20. The lowest BCUT2D eigenvalue weighted by Gasteiger charge is -2.21. The highest BCUT2D eigenvalue weighted by Crippen LogP contribution is 2.14. The molecule has 0 aromatic carbocycles. The molecule has 0 spiro atoms. The Morgan fingerprint density at radius 1 is 1.39 bits per heavy atom. The van der Waals surface area contributed by atoms with Crippen LogP contribution in [0.25, 0.3) is 5.65 Å². The first kappa shape index (κ1) is 11.6. The van der Waals surface area contributed by atoms with E-state index in [0.717, 1.165) is 24.3 Å². The zero-order chi connectivity index (χ0) is 12.5. The third-order valence-corrected chi connectivity index (χ3v) is 4.40. The lowest BCUT2D eigenvalue weighted by atomic mass is 10.2. The van der Waals surface area contributed by atoms with Crippen molar-refractivity contribution in [3.8, 4) is 0 Å². The minimum Gasteiger partial charge on any atom is -0.350 e. The first-order valence-electron chi connectivity index (χ1n) is 5.84. The number of hydrogen-bond donors (Lipinski definition) is 1. The molecule has 1 saturated heterocycles. The van der Waals surface area contributed by atoms with Gasteiger partial charge in [0.1, 0.15) is 5.82 Å². The topological polar surface area (TPSA) is 59.3 Å². The van der Waals surface area contributed by atoms with Gasteiger partial charge in [-0.1, -0.05) is 0 Å². The molecule has 3 rings (SSSR count). The normalized spacial score (nSPS) is 24.3. The van der Waals surface area contributed by atoms with E-state index in [1.54, 1.807) is 6.07 Å². The Balaban J connectivity index is 1.76. The molecule has 7 heteroatoms. The summed E-state index contributed by atoms with van der Waals surface area (Å²) in [6.45, 7) is 0. The Hall–Kier alpha value is -1.50. The summed E-state index contributed by atoms with van der Waals surface area (Å²) in [6.07, 6.45) is 3.01. The minimum absolute atomic E-state index is 0.255. The van der Waals surface area contributed by atoms with Crippen molar-refractivity contribution in [3.63, 3.8) is 0 Å². The number of fused-ring (bicyclic) bond motifs is 1. The van der Waals surface area contributed by atoms with Gasteiger partial charge in [-0.25, -0.2) is 8.91 Å². The van der Waals surface area contributed by atoms with Gasteiger partial charge in [0.2, 0.25) is 5.95 Å². The number of rotatable bonds is 2. The van der Waals surface area contributed by atoms with Crippen LogP contribution in [0.3, 0.4) is 0 Å². The molecule has 0 amide bonds. The smallest absolute Gasteiger partial charge is 0.243 e. The average Bonchev–Trinajstić information content (AvgIpc) is 2.73. The molecule has 0 atom stereocenters. The molecule has 0 radical (unpaired) electrons. The van der Waals surface area contributed by atoms with Crippen molar-refractivity contribution < 1.29 is 8.60 Å². The molecule has 3 heterocycles. The van der Waals surface area contributed by atoms with E-state index < -0.39 is 10.8 Å². The van der Waals surface area contributed by atoms with Crippen LogP contribution in [0.2, 0.25) is 0 Å². The standard InChI is InChI=1S/C11H13FN4OS/c12-8-1-2-10-14-11(15-16(10)7-8)13-9-3-5-18(17)6-4-9/h1-2,7,9H,3-6H2,(H,13,15). The largest absolute Gasteiger partial charge is 0.350 e. The number of aromatic nitrogens is 3. The van der Waals surface area contributed by atoms with Gasteiger partial charge < -0.3 is 5.32 Å². The van der Waals surface area contributed by atoms with Crippen LogP contribution in [0.4, 0.5) is 10.3 Å². The van der Waals surface area contributed by atoms with Gasteiger partial charge in [0.05, 0.1) is 6.20 Å². The van der Waals surface area contributed by atoms with E-state index in [9.17, 15) is 8.60 Å². The Labute approximate surface area is 106 Å². The zero-order valence-electron chi connectivity index (χ0n) is 9.67. The van der Waals surface area contributed by atoms with Gasteiger partial charge in [0.15, 0.2) is 5.65 Å². The van der Waals surface area contributed by atoms with E-state index in [1.165, 1.54) is 16.8 Å². The third-order valence-electron chi connectivity index (χ3n) is 3.02. The van der Waals surface area contributed by atoms with Crippen LogP contribution in [0.5, 0.6) is 0 Å². The van der Waals surface area contributed by atoms with Crippen molar-refractivity contribution in [2.75, 3.05) is 16.8 Å². The molecular formula is C11H13FN4OS. The maximum absolute atomic E-state index is 13.0. The number of hydrogen-bond acceptors (Lipinski definition) is 4. The highest BCUT2D eigenvalue weighted by atomic mass is 32.2. The molecule has 0 saturated carbocycles. The van der Waals surface area contributed by atoms with Crippen LogP contribution in [0.1, 0.15) is 12.8 Å². The van der Waals surface area contributed by atoms with E-state index in [0.29, 0.717) is 11.6 Å². The van der Waals surface area contributed by atoms with Crippen LogP contribution in [0, 0.1) is 5.82 Å². The Morgan fingerprint density at radius 3 is 2.94 bits per heavy atom. The Morgan fingerprint density at radius 2 is 2.17 bits per heavy atom. The number of nitrogens with zero attached hydrogens (tertiary/aromatic N) is 3. The van der Waals surface area contributed by atoms with Gasteiger partial charge in [-0.3, -0.25) is 4.21 Å². The van der Waals surface area contributed by atoms with Crippen LogP contribution < -0.4 is 5.32 Å². The van der Waals surface area contributed by atoms with Gasteiger partial charge in [0, 0.05) is 28.3 Å². The maximum Gasteiger partial charge on any atom is 0.243 e. The predicted molar refractivity (Wildman–Crippen MR) is 67.5 cm³/mol. The Bertz CT molecular complexity index is 590. The van der Waals surface area contributed by atoms with Gasteiger partial charge in [-0.15, -0.1) is 5.10 Å². The number of nitrogens with one attached hydrogen (secondary N) is 1. The highest BCUT2D eigenvalue weighted by molar-refractivity contribution is 7.85. The van der Waals surface area contributed by atoms with Gasteiger partial charge in [0.25, 0.3) is 0 Å². The molecular weight excluding hydrogens is 255 g/mol. The molecule has 1 N–H and O–H groups in total. The predicted octanol–water partition coefficient (Wildman–Crippen LogP) is 1.19. The van der Waals surface area contributed by atoms with E-state index in [1.807, 2.05) is 0 Å². The first-order chi connectivity index (χ1) is 8.70. The van der Waals surface area contributed by atoms with E-state index in [2.05, 4.69) is 15.4 Å². The maximum atomic E-state index is 13.0. The fourth-order valence-electron chi connectivity index (χ4n) is 2.04. The lowest BCUT2D eigenvalue weighted by molar-refractivity contribution is 0.612.